The molecule has 4 aliphatic rings. The second kappa shape index (κ2) is 9.99. The topological polar surface area (TPSA) is 109 Å². The Morgan fingerprint density at radius 1 is 1.02 bits per heavy atom. The van der Waals surface area contributed by atoms with Gasteiger partial charge in [-0.1, -0.05) is 0 Å². The fourth-order valence-corrected chi connectivity index (χ4v) is 6.58. The number of piperazine rings is 2. The third-order valence-corrected chi connectivity index (χ3v) is 9.05. The Balaban J connectivity index is 1.11. The van der Waals surface area contributed by atoms with Crippen molar-refractivity contribution in [3.63, 3.8) is 0 Å². The van der Waals surface area contributed by atoms with E-state index in [2.05, 4.69) is 50.0 Å². The number of ether oxygens (including phenoxy) is 1. The van der Waals surface area contributed by atoms with Crippen molar-refractivity contribution in [1.82, 2.24) is 24.5 Å². The molecule has 4 aromatic rings. The molecule has 2 bridgehead atoms. The smallest absolute Gasteiger partial charge is 0.212 e. The first-order valence-corrected chi connectivity index (χ1v) is 14.1. The Morgan fingerprint density at radius 3 is 2.49 bits per heavy atom. The Hall–Kier alpha value is -4.24. The minimum Gasteiger partial charge on any atom is -0.632 e. The molecule has 4 aromatic heterocycles. The Kier molecular flexibility index (Phi) is 6.27. The van der Waals surface area contributed by atoms with E-state index in [1.165, 1.54) is 0 Å². The third kappa shape index (κ3) is 4.44. The van der Waals surface area contributed by atoms with Gasteiger partial charge in [-0.15, -0.1) is 0 Å². The van der Waals surface area contributed by atoms with E-state index in [-0.39, 0.29) is 16.7 Å². The normalized spacial score (nSPS) is 24.2. The zero-order valence-electron chi connectivity index (χ0n) is 23.3. The van der Waals surface area contributed by atoms with Gasteiger partial charge in [-0.3, -0.25) is 0 Å². The average Bonchev–Trinajstić information content (AvgIpc) is 3.44. The molecule has 4 fully saturated rings. The summed E-state index contributed by atoms with van der Waals surface area (Å²) in [6, 6.07) is 12.3. The molecule has 4 aliphatic heterocycles. The largest absolute Gasteiger partial charge is 0.632 e. The molecule has 4 saturated heterocycles. The number of methoxy groups -OCH3 is 1. The number of nitriles is 1. The van der Waals surface area contributed by atoms with Crippen molar-refractivity contribution >= 4 is 17.0 Å². The van der Waals surface area contributed by atoms with Crippen LogP contribution in [-0.2, 0) is 6.54 Å². The second-order valence-electron chi connectivity index (χ2n) is 11.4. The second-order valence-corrected chi connectivity index (χ2v) is 11.4. The monoisotopic (exact) mass is 551 g/mol. The number of pyridine rings is 3. The number of quaternary nitrogens is 1. The molecule has 0 spiro atoms. The van der Waals surface area contributed by atoms with Gasteiger partial charge in [-0.05, 0) is 31.3 Å². The summed E-state index contributed by atoms with van der Waals surface area (Å²) in [5.74, 6) is 1.43. The Labute approximate surface area is 239 Å². The van der Waals surface area contributed by atoms with Crippen molar-refractivity contribution in [1.29, 1.82) is 5.26 Å². The molecule has 0 radical (unpaired) electrons. The molecule has 8 heterocycles. The molecular formula is C30H33N9O2. The fourth-order valence-electron chi connectivity index (χ4n) is 6.58. The van der Waals surface area contributed by atoms with Crippen LogP contribution in [0.4, 0.5) is 11.5 Å². The first-order chi connectivity index (χ1) is 19.9. The van der Waals surface area contributed by atoms with Gasteiger partial charge >= 0.3 is 0 Å². The lowest BCUT2D eigenvalue weighted by Crippen LogP contribution is -2.77. The van der Waals surface area contributed by atoms with Crippen molar-refractivity contribution in [2.75, 3.05) is 63.2 Å². The highest BCUT2D eigenvalue weighted by Crippen LogP contribution is 2.42. The molecule has 0 aliphatic carbocycles. The fraction of sp³-hybridized carbons (Fsp3) is 0.400. The van der Waals surface area contributed by atoms with Gasteiger partial charge in [0, 0.05) is 61.3 Å². The van der Waals surface area contributed by atoms with Crippen LogP contribution in [0.25, 0.3) is 16.6 Å². The molecule has 0 aromatic carbocycles. The summed E-state index contributed by atoms with van der Waals surface area (Å²) in [6.07, 6.45) is 8.22. The average molecular weight is 552 g/mol. The number of hydroxylamine groups is 3. The minimum absolute atomic E-state index is 0.0159. The summed E-state index contributed by atoms with van der Waals surface area (Å²) >= 11 is 0. The van der Waals surface area contributed by atoms with E-state index >= 15 is 0 Å². The standard InChI is InChI=1S/C30H33N9O2/c1-35-7-9-36(10-8-35)24-11-27(30-23(13-31)16-34-38(30)17-24)22-4-5-28(32-15-22)37-18-25-12-26(19-37)39(25,40)20-21-3-6-29(41-2)33-14-21/h3-6,11,14-17,25-26H,7-10,12,18-20H2,1-2H3. The number of piperidine rings is 1. The van der Waals surface area contributed by atoms with Crippen LogP contribution >= 0.6 is 0 Å². The molecule has 8 rings (SSSR count). The van der Waals surface area contributed by atoms with Crippen LogP contribution in [0, 0.1) is 16.5 Å². The van der Waals surface area contributed by atoms with E-state index in [0.29, 0.717) is 31.1 Å². The highest BCUT2D eigenvalue weighted by molar-refractivity contribution is 5.86. The van der Waals surface area contributed by atoms with Crippen molar-refractivity contribution in [3.8, 4) is 23.1 Å². The van der Waals surface area contributed by atoms with Crippen LogP contribution in [0.2, 0.25) is 0 Å². The van der Waals surface area contributed by atoms with Gasteiger partial charge in [0.05, 0.1) is 55.8 Å². The number of fused-ring (bicyclic) bond motifs is 3. The lowest BCUT2D eigenvalue weighted by Gasteiger charge is -2.66. The SMILES string of the molecule is COc1ccc(C[N+]2([O-])C3CC2CN(c2ccc(-c4cc(N5CCN(C)CC5)cn5ncc(C#N)c45)cn2)C3)cn1. The number of nitrogens with zero attached hydrogens (tertiary/aromatic N) is 9. The van der Waals surface area contributed by atoms with E-state index in [4.69, 9.17) is 9.72 Å². The van der Waals surface area contributed by atoms with E-state index in [1.54, 1.807) is 19.5 Å². The molecule has 11 nitrogen and oxygen atoms in total. The predicted molar refractivity (Wildman–Crippen MR) is 155 cm³/mol. The molecule has 11 heteroatoms. The number of anilines is 2. The molecular weight excluding hydrogens is 518 g/mol. The van der Waals surface area contributed by atoms with E-state index in [1.807, 2.05) is 35.1 Å². The molecule has 41 heavy (non-hydrogen) atoms. The maximum absolute atomic E-state index is 13.8. The van der Waals surface area contributed by atoms with Crippen molar-refractivity contribution < 1.29 is 9.38 Å². The van der Waals surface area contributed by atoms with Crippen LogP contribution in [0.1, 0.15) is 17.5 Å². The van der Waals surface area contributed by atoms with Crippen LogP contribution < -0.4 is 14.5 Å². The zero-order chi connectivity index (χ0) is 28.1. The van der Waals surface area contributed by atoms with E-state index in [0.717, 1.165) is 66.3 Å². The summed E-state index contributed by atoms with van der Waals surface area (Å²) in [6.45, 7) is 5.68. The van der Waals surface area contributed by atoms with Gasteiger partial charge in [-0.2, -0.15) is 10.4 Å². The zero-order valence-corrected chi connectivity index (χ0v) is 23.3. The third-order valence-electron chi connectivity index (χ3n) is 9.05. The van der Waals surface area contributed by atoms with Crippen LogP contribution in [0.15, 0.2) is 55.1 Å². The van der Waals surface area contributed by atoms with Crippen LogP contribution in [0.3, 0.4) is 0 Å². The van der Waals surface area contributed by atoms with Gasteiger partial charge in [-0.25, -0.2) is 14.5 Å². The van der Waals surface area contributed by atoms with Gasteiger partial charge in [0.2, 0.25) is 5.88 Å². The summed E-state index contributed by atoms with van der Waals surface area (Å²) < 4.78 is 6.77. The molecule has 2 unspecified atom stereocenters. The van der Waals surface area contributed by atoms with Gasteiger partial charge in [0.25, 0.3) is 0 Å². The molecule has 210 valence electrons. The maximum atomic E-state index is 13.8. The van der Waals surface area contributed by atoms with Gasteiger partial charge in [0.1, 0.15) is 30.5 Å². The van der Waals surface area contributed by atoms with Crippen molar-refractivity contribution in [2.45, 2.75) is 25.0 Å². The first kappa shape index (κ1) is 25.7. The van der Waals surface area contributed by atoms with E-state index < -0.39 is 0 Å². The van der Waals surface area contributed by atoms with Crippen molar-refractivity contribution in [3.05, 3.63) is 71.5 Å². The van der Waals surface area contributed by atoms with Crippen LogP contribution in [-0.4, -0.2) is 94.6 Å². The summed E-state index contributed by atoms with van der Waals surface area (Å²) in [4.78, 5) is 16.0. The number of hydrogen-bond donors (Lipinski definition) is 0. The maximum Gasteiger partial charge on any atom is 0.212 e. The summed E-state index contributed by atoms with van der Waals surface area (Å²) in [7, 11) is 3.73. The minimum atomic E-state index is -0.197. The molecule has 0 amide bonds. The van der Waals surface area contributed by atoms with E-state index in [9.17, 15) is 10.5 Å². The van der Waals surface area contributed by atoms with Gasteiger partial charge < -0.3 is 29.3 Å². The molecule has 2 atom stereocenters. The molecule has 0 N–H and O–H groups in total. The van der Waals surface area contributed by atoms with Gasteiger partial charge in [0.15, 0.2) is 0 Å². The Bertz CT molecular complexity index is 1590. The van der Waals surface area contributed by atoms with Crippen LogP contribution in [0.5, 0.6) is 5.88 Å². The highest BCUT2D eigenvalue weighted by Gasteiger charge is 2.54. The summed E-state index contributed by atoms with van der Waals surface area (Å²) in [5, 5.41) is 28.0. The Morgan fingerprint density at radius 2 is 1.83 bits per heavy atom. The summed E-state index contributed by atoms with van der Waals surface area (Å²) in [5.41, 5.74) is 5.25. The predicted octanol–water partition coefficient (Wildman–Crippen LogP) is 2.90. The molecule has 0 saturated carbocycles. The lowest BCUT2D eigenvalue weighted by atomic mass is 9.85. The number of likely N-dealkylation sites (N-methyl/N-ethyl adjacent to an activating group) is 1. The number of rotatable bonds is 6. The number of aromatic nitrogens is 4. The number of hydrogen-bond acceptors (Lipinski definition) is 9. The lowest BCUT2D eigenvalue weighted by molar-refractivity contribution is -0.984. The quantitative estimate of drug-likeness (QED) is 0.264. The highest BCUT2D eigenvalue weighted by atomic mass is 16.6. The first-order valence-electron chi connectivity index (χ1n) is 14.1. The van der Waals surface area contributed by atoms with Crippen molar-refractivity contribution in [2.24, 2.45) is 0 Å².